The van der Waals surface area contributed by atoms with E-state index in [0.717, 1.165) is 22.7 Å². The fraction of sp³-hybridized carbons (Fsp3) is 0.0909. The van der Waals surface area contributed by atoms with Gasteiger partial charge in [0.2, 0.25) is 5.91 Å². The molecule has 3 N–H and O–H groups in total. The van der Waals surface area contributed by atoms with Gasteiger partial charge in [0.15, 0.2) is 0 Å². The van der Waals surface area contributed by atoms with Crippen LogP contribution >= 0.6 is 11.3 Å². The topological polar surface area (TPSA) is 113 Å². The SMILES string of the molecule is Cc1c(C(=O)O)sc2ncn(CC(=O)Nc3ccc(Nc4ccccc4)cc3)c(=O)c12. The highest BCUT2D eigenvalue weighted by atomic mass is 32.1. The van der Waals surface area contributed by atoms with Gasteiger partial charge in [-0.25, -0.2) is 9.78 Å². The summed E-state index contributed by atoms with van der Waals surface area (Å²) in [6.45, 7) is 1.34. The van der Waals surface area contributed by atoms with Crippen LogP contribution in [-0.2, 0) is 11.3 Å². The summed E-state index contributed by atoms with van der Waals surface area (Å²) in [6.07, 6.45) is 1.26. The molecule has 4 aromatic rings. The number of nitrogens with zero attached hydrogens (tertiary/aromatic N) is 2. The highest BCUT2D eigenvalue weighted by molar-refractivity contribution is 7.20. The molecule has 4 rings (SSSR count). The van der Waals surface area contributed by atoms with Crippen molar-refractivity contribution in [2.45, 2.75) is 13.5 Å². The molecule has 156 valence electrons. The Bertz CT molecular complexity index is 1330. The van der Waals surface area contributed by atoms with Crippen molar-refractivity contribution in [2.75, 3.05) is 10.6 Å². The quantitative estimate of drug-likeness (QED) is 0.425. The number of para-hydroxylation sites is 1. The summed E-state index contributed by atoms with van der Waals surface area (Å²) in [5.74, 6) is -1.49. The number of fused-ring (bicyclic) bond motifs is 1. The van der Waals surface area contributed by atoms with E-state index in [1.807, 2.05) is 42.5 Å². The van der Waals surface area contributed by atoms with Gasteiger partial charge in [0.25, 0.3) is 5.56 Å². The second kappa shape index (κ2) is 8.41. The Kier molecular flexibility index (Phi) is 5.50. The van der Waals surface area contributed by atoms with Crippen molar-refractivity contribution in [3.8, 4) is 0 Å². The summed E-state index contributed by atoms with van der Waals surface area (Å²) in [5, 5.41) is 15.5. The molecule has 2 heterocycles. The van der Waals surface area contributed by atoms with E-state index in [-0.39, 0.29) is 16.8 Å². The Morgan fingerprint density at radius 1 is 1.03 bits per heavy atom. The van der Waals surface area contributed by atoms with Gasteiger partial charge in [-0.1, -0.05) is 18.2 Å². The lowest BCUT2D eigenvalue weighted by Crippen LogP contribution is -2.27. The van der Waals surface area contributed by atoms with Crippen LogP contribution in [0.4, 0.5) is 17.1 Å². The van der Waals surface area contributed by atoms with E-state index < -0.39 is 17.4 Å². The highest BCUT2D eigenvalue weighted by Gasteiger charge is 2.19. The molecule has 2 aromatic heterocycles. The van der Waals surface area contributed by atoms with Crippen LogP contribution in [0.3, 0.4) is 0 Å². The third-order valence-corrected chi connectivity index (χ3v) is 5.84. The number of hydrogen-bond acceptors (Lipinski definition) is 6. The first-order chi connectivity index (χ1) is 14.9. The van der Waals surface area contributed by atoms with Gasteiger partial charge in [0.05, 0.1) is 11.7 Å². The lowest BCUT2D eigenvalue weighted by atomic mass is 10.2. The van der Waals surface area contributed by atoms with Gasteiger partial charge < -0.3 is 15.7 Å². The molecule has 31 heavy (non-hydrogen) atoms. The minimum atomic E-state index is -1.10. The smallest absolute Gasteiger partial charge is 0.346 e. The maximum atomic E-state index is 12.7. The third-order valence-electron chi connectivity index (χ3n) is 4.66. The number of hydrogen-bond donors (Lipinski definition) is 3. The number of anilines is 3. The fourth-order valence-electron chi connectivity index (χ4n) is 3.16. The minimum absolute atomic E-state index is 0.0750. The summed E-state index contributed by atoms with van der Waals surface area (Å²) in [5.41, 5.74) is 2.34. The lowest BCUT2D eigenvalue weighted by molar-refractivity contribution is -0.116. The van der Waals surface area contributed by atoms with E-state index in [1.165, 1.54) is 10.9 Å². The molecule has 0 spiro atoms. The normalized spacial score (nSPS) is 10.7. The average molecular weight is 434 g/mol. The molecule has 0 aliphatic carbocycles. The summed E-state index contributed by atoms with van der Waals surface area (Å²) < 4.78 is 1.17. The summed E-state index contributed by atoms with van der Waals surface area (Å²) >= 11 is 0.948. The molecule has 0 aliphatic heterocycles. The molecule has 0 aliphatic rings. The first-order valence-electron chi connectivity index (χ1n) is 9.36. The zero-order chi connectivity index (χ0) is 22.0. The fourth-order valence-corrected chi connectivity index (χ4v) is 4.13. The zero-order valence-corrected chi connectivity index (χ0v) is 17.3. The van der Waals surface area contributed by atoms with E-state index in [2.05, 4.69) is 15.6 Å². The van der Waals surface area contributed by atoms with E-state index in [9.17, 15) is 19.5 Å². The Balaban J connectivity index is 1.47. The van der Waals surface area contributed by atoms with Crippen LogP contribution in [0.1, 0.15) is 15.2 Å². The van der Waals surface area contributed by atoms with Crippen molar-refractivity contribution < 1.29 is 14.7 Å². The van der Waals surface area contributed by atoms with Gasteiger partial charge in [-0.3, -0.25) is 14.2 Å². The molecule has 0 radical (unpaired) electrons. The second-order valence-electron chi connectivity index (χ2n) is 6.84. The monoisotopic (exact) mass is 434 g/mol. The molecule has 2 aromatic carbocycles. The predicted octanol–water partition coefficient (Wildman–Crippen LogP) is 3.85. The molecule has 0 saturated carbocycles. The van der Waals surface area contributed by atoms with Crippen molar-refractivity contribution in [1.82, 2.24) is 9.55 Å². The number of carboxylic acid groups (broad SMARTS) is 1. The first-order valence-corrected chi connectivity index (χ1v) is 10.2. The molecular formula is C22H18N4O4S. The number of aryl methyl sites for hydroxylation is 1. The van der Waals surface area contributed by atoms with Gasteiger partial charge >= 0.3 is 5.97 Å². The maximum absolute atomic E-state index is 12.7. The van der Waals surface area contributed by atoms with Crippen LogP contribution in [0.2, 0.25) is 0 Å². The Morgan fingerprint density at radius 2 is 1.68 bits per heavy atom. The zero-order valence-electron chi connectivity index (χ0n) is 16.5. The van der Waals surface area contributed by atoms with Crippen molar-refractivity contribution in [1.29, 1.82) is 0 Å². The van der Waals surface area contributed by atoms with Gasteiger partial charge in [-0.2, -0.15) is 0 Å². The van der Waals surface area contributed by atoms with Crippen LogP contribution in [0.5, 0.6) is 0 Å². The number of carboxylic acids is 1. The van der Waals surface area contributed by atoms with Crippen LogP contribution in [0.15, 0.2) is 65.7 Å². The van der Waals surface area contributed by atoms with E-state index in [1.54, 1.807) is 19.1 Å². The number of benzene rings is 2. The molecule has 0 fully saturated rings. The Hall–Kier alpha value is -3.98. The molecular weight excluding hydrogens is 416 g/mol. The van der Waals surface area contributed by atoms with Gasteiger partial charge in [0, 0.05) is 17.1 Å². The van der Waals surface area contributed by atoms with Crippen molar-refractivity contribution in [3.05, 3.63) is 81.7 Å². The summed E-state index contributed by atoms with van der Waals surface area (Å²) in [4.78, 5) is 41.0. The molecule has 0 saturated heterocycles. The van der Waals surface area contributed by atoms with Crippen molar-refractivity contribution in [2.24, 2.45) is 0 Å². The van der Waals surface area contributed by atoms with Gasteiger partial charge in [0.1, 0.15) is 16.3 Å². The lowest BCUT2D eigenvalue weighted by Gasteiger charge is -2.09. The largest absolute Gasteiger partial charge is 0.477 e. The molecule has 8 nitrogen and oxygen atoms in total. The predicted molar refractivity (Wildman–Crippen MR) is 120 cm³/mol. The highest BCUT2D eigenvalue weighted by Crippen LogP contribution is 2.26. The molecule has 0 atom stereocenters. The maximum Gasteiger partial charge on any atom is 0.346 e. The number of carbonyl (C=O) groups excluding carboxylic acids is 1. The van der Waals surface area contributed by atoms with Gasteiger partial charge in [-0.05, 0) is 48.9 Å². The number of carbonyl (C=O) groups is 2. The van der Waals surface area contributed by atoms with Crippen molar-refractivity contribution in [3.63, 3.8) is 0 Å². The number of amides is 1. The van der Waals surface area contributed by atoms with E-state index in [4.69, 9.17) is 0 Å². The molecule has 1 amide bonds. The molecule has 0 bridgehead atoms. The number of rotatable bonds is 6. The van der Waals surface area contributed by atoms with Crippen LogP contribution in [-0.4, -0.2) is 26.5 Å². The molecule has 9 heteroatoms. The van der Waals surface area contributed by atoms with Crippen LogP contribution < -0.4 is 16.2 Å². The standard InChI is InChI=1S/C22H18N4O4S/c1-13-18-20(31-19(13)22(29)30)23-12-26(21(18)28)11-17(27)25-16-9-7-15(8-10-16)24-14-5-3-2-4-6-14/h2-10,12,24H,11H2,1H3,(H,25,27)(H,29,30). The Labute approximate surface area is 180 Å². The number of nitrogens with one attached hydrogen (secondary N) is 2. The van der Waals surface area contributed by atoms with E-state index >= 15 is 0 Å². The van der Waals surface area contributed by atoms with Crippen LogP contribution in [0, 0.1) is 6.92 Å². The van der Waals surface area contributed by atoms with Gasteiger partial charge in [-0.15, -0.1) is 11.3 Å². The first kappa shape index (κ1) is 20.3. The second-order valence-corrected chi connectivity index (χ2v) is 7.83. The van der Waals surface area contributed by atoms with Crippen LogP contribution in [0.25, 0.3) is 10.2 Å². The summed E-state index contributed by atoms with van der Waals surface area (Å²) in [6, 6.07) is 16.9. The average Bonchev–Trinajstić information content (AvgIpc) is 3.10. The number of aromatic nitrogens is 2. The number of aromatic carboxylic acids is 1. The summed E-state index contributed by atoms with van der Waals surface area (Å²) in [7, 11) is 0. The minimum Gasteiger partial charge on any atom is -0.477 e. The van der Waals surface area contributed by atoms with Crippen molar-refractivity contribution >= 4 is 50.5 Å². The van der Waals surface area contributed by atoms with E-state index in [0.29, 0.717) is 16.1 Å². The Morgan fingerprint density at radius 3 is 2.35 bits per heavy atom. The molecule has 0 unspecified atom stereocenters. The third kappa shape index (κ3) is 4.31. The number of thiophene rings is 1.